The highest BCUT2D eigenvalue weighted by Crippen LogP contribution is 2.35. The van der Waals surface area contributed by atoms with Gasteiger partial charge in [0, 0.05) is 25.1 Å². The van der Waals surface area contributed by atoms with E-state index in [1.165, 1.54) is 18.4 Å². The van der Waals surface area contributed by atoms with Gasteiger partial charge in [-0.05, 0) is 41.4 Å². The number of halogens is 1. The molecule has 116 valence electrons. The molecule has 5 nitrogen and oxygen atoms in total. The van der Waals surface area contributed by atoms with Crippen molar-refractivity contribution in [2.75, 3.05) is 26.8 Å². The summed E-state index contributed by atoms with van der Waals surface area (Å²) >= 11 is 4.92. The number of hydrogen-bond donors (Lipinski definition) is 1. The summed E-state index contributed by atoms with van der Waals surface area (Å²) in [5, 5.41) is 9.43. The Morgan fingerprint density at radius 3 is 2.81 bits per heavy atom. The number of rotatable bonds is 5. The molecule has 0 aromatic carbocycles. The predicted octanol–water partition coefficient (Wildman–Crippen LogP) is 2.56. The Hall–Kier alpha value is -0.920. The van der Waals surface area contributed by atoms with E-state index >= 15 is 0 Å². The van der Waals surface area contributed by atoms with Gasteiger partial charge in [0.1, 0.15) is 5.41 Å². The molecule has 1 fully saturated rings. The third kappa shape index (κ3) is 3.30. The van der Waals surface area contributed by atoms with Crippen LogP contribution in [-0.4, -0.2) is 48.7 Å². The fourth-order valence-corrected chi connectivity index (χ4v) is 4.12. The van der Waals surface area contributed by atoms with Gasteiger partial charge in [-0.25, -0.2) is 0 Å². The number of carbonyl (C=O) groups is 2. The van der Waals surface area contributed by atoms with E-state index in [4.69, 9.17) is 4.74 Å². The highest BCUT2D eigenvalue weighted by atomic mass is 79.9. The summed E-state index contributed by atoms with van der Waals surface area (Å²) in [5.74, 6) is -1.18. The normalized spacial score (nSPS) is 23.3. The van der Waals surface area contributed by atoms with E-state index in [9.17, 15) is 14.7 Å². The van der Waals surface area contributed by atoms with Crippen molar-refractivity contribution in [3.8, 4) is 0 Å². The molecule has 1 saturated heterocycles. The van der Waals surface area contributed by atoms with Gasteiger partial charge in [-0.15, -0.1) is 11.3 Å². The monoisotopic (exact) mass is 375 g/mol. The first kappa shape index (κ1) is 16.5. The van der Waals surface area contributed by atoms with Gasteiger partial charge >= 0.3 is 5.97 Å². The summed E-state index contributed by atoms with van der Waals surface area (Å²) < 4.78 is 6.03. The lowest BCUT2D eigenvalue weighted by Gasteiger charge is -2.25. The Bertz CT molecular complexity index is 547. The zero-order valence-corrected chi connectivity index (χ0v) is 14.4. The first-order chi connectivity index (χ1) is 9.89. The topological polar surface area (TPSA) is 66.8 Å². The molecular formula is C14H18BrNO4S. The van der Waals surface area contributed by atoms with Crippen molar-refractivity contribution < 1.29 is 19.4 Å². The van der Waals surface area contributed by atoms with Crippen molar-refractivity contribution in [2.24, 2.45) is 5.41 Å². The first-order valence-corrected chi connectivity index (χ1v) is 8.27. The minimum atomic E-state index is -0.972. The van der Waals surface area contributed by atoms with E-state index < -0.39 is 11.4 Å². The number of carboxylic acids is 1. The summed E-state index contributed by atoms with van der Waals surface area (Å²) in [7, 11) is 1.49. The SMILES string of the molecule is COCC1(C(=O)O)CCN(C(=O)C(C)c2ccc(Br)s2)C1. The van der Waals surface area contributed by atoms with Crippen LogP contribution in [0.25, 0.3) is 0 Å². The van der Waals surface area contributed by atoms with Gasteiger partial charge < -0.3 is 14.7 Å². The molecule has 1 N–H and O–H groups in total. The third-order valence-electron chi connectivity index (χ3n) is 3.93. The minimum absolute atomic E-state index is 0.0245. The van der Waals surface area contributed by atoms with Crippen LogP contribution >= 0.6 is 27.3 Å². The summed E-state index contributed by atoms with van der Waals surface area (Å²) in [6, 6.07) is 3.84. The van der Waals surface area contributed by atoms with Gasteiger partial charge in [-0.1, -0.05) is 0 Å². The van der Waals surface area contributed by atoms with Crippen LogP contribution in [0.3, 0.4) is 0 Å². The Kier molecular flexibility index (Phi) is 5.06. The second-order valence-corrected chi connectivity index (χ2v) is 7.89. The molecule has 0 spiro atoms. The molecule has 1 aliphatic heterocycles. The fraction of sp³-hybridized carbons (Fsp3) is 0.571. The number of aliphatic carboxylic acids is 1. The van der Waals surface area contributed by atoms with Crippen LogP contribution in [0.4, 0.5) is 0 Å². The number of likely N-dealkylation sites (tertiary alicyclic amines) is 1. The molecule has 1 aromatic heterocycles. The zero-order valence-electron chi connectivity index (χ0n) is 12.0. The Morgan fingerprint density at radius 2 is 2.29 bits per heavy atom. The maximum atomic E-state index is 12.6. The molecule has 0 radical (unpaired) electrons. The lowest BCUT2D eigenvalue weighted by Crippen LogP contribution is -2.41. The Morgan fingerprint density at radius 1 is 1.57 bits per heavy atom. The van der Waals surface area contributed by atoms with Crippen LogP contribution in [0.1, 0.15) is 24.1 Å². The number of nitrogens with zero attached hydrogens (tertiary/aromatic N) is 1. The molecule has 2 heterocycles. The fourth-order valence-electron chi connectivity index (χ4n) is 2.65. The van der Waals surface area contributed by atoms with Crippen LogP contribution < -0.4 is 0 Å². The van der Waals surface area contributed by atoms with Crippen molar-refractivity contribution in [3.05, 3.63) is 20.8 Å². The molecule has 21 heavy (non-hydrogen) atoms. The van der Waals surface area contributed by atoms with Gasteiger partial charge in [-0.3, -0.25) is 9.59 Å². The number of carbonyl (C=O) groups excluding carboxylic acids is 1. The average Bonchev–Trinajstić information content (AvgIpc) is 3.05. The molecule has 0 bridgehead atoms. The molecule has 1 aromatic rings. The quantitative estimate of drug-likeness (QED) is 0.858. The van der Waals surface area contributed by atoms with E-state index in [0.29, 0.717) is 13.0 Å². The summed E-state index contributed by atoms with van der Waals surface area (Å²) in [6.45, 7) is 2.67. The largest absolute Gasteiger partial charge is 0.481 e. The maximum absolute atomic E-state index is 12.6. The number of hydrogen-bond acceptors (Lipinski definition) is 4. The molecule has 1 aliphatic rings. The van der Waals surface area contributed by atoms with Crippen LogP contribution in [0.15, 0.2) is 15.9 Å². The summed E-state index contributed by atoms with van der Waals surface area (Å²) in [4.78, 5) is 26.7. The number of thiophene rings is 1. The van der Waals surface area contributed by atoms with Gasteiger partial charge in [0.2, 0.25) is 5.91 Å². The van der Waals surface area contributed by atoms with Crippen LogP contribution in [0.2, 0.25) is 0 Å². The first-order valence-electron chi connectivity index (χ1n) is 6.66. The van der Waals surface area contributed by atoms with Gasteiger partial charge in [-0.2, -0.15) is 0 Å². The zero-order chi connectivity index (χ0) is 15.6. The average molecular weight is 376 g/mol. The van der Waals surface area contributed by atoms with Crippen molar-refractivity contribution >= 4 is 39.1 Å². The predicted molar refractivity (Wildman–Crippen MR) is 83.6 cm³/mol. The van der Waals surface area contributed by atoms with Crippen molar-refractivity contribution in [1.82, 2.24) is 4.90 Å². The number of methoxy groups -OCH3 is 1. The number of carboxylic acid groups (broad SMARTS) is 1. The molecule has 1 amide bonds. The van der Waals surface area contributed by atoms with E-state index in [-0.39, 0.29) is 25.0 Å². The third-order valence-corrected chi connectivity index (χ3v) is 5.74. The lowest BCUT2D eigenvalue weighted by molar-refractivity contribution is -0.151. The number of ether oxygens (including phenoxy) is 1. The molecule has 2 unspecified atom stereocenters. The van der Waals surface area contributed by atoms with E-state index in [1.807, 2.05) is 19.1 Å². The maximum Gasteiger partial charge on any atom is 0.313 e. The Labute approximate surface area is 136 Å². The molecule has 0 aliphatic carbocycles. The van der Waals surface area contributed by atoms with Crippen molar-refractivity contribution in [2.45, 2.75) is 19.3 Å². The summed E-state index contributed by atoms with van der Waals surface area (Å²) in [5.41, 5.74) is -0.972. The Balaban J connectivity index is 2.09. The van der Waals surface area contributed by atoms with Gasteiger partial charge in [0.25, 0.3) is 0 Å². The van der Waals surface area contributed by atoms with Crippen LogP contribution in [-0.2, 0) is 14.3 Å². The molecule has 0 saturated carbocycles. The second kappa shape index (κ2) is 6.46. The summed E-state index contributed by atoms with van der Waals surface area (Å²) in [6.07, 6.45) is 0.433. The van der Waals surface area contributed by atoms with Gasteiger partial charge in [0.05, 0.1) is 16.3 Å². The smallest absolute Gasteiger partial charge is 0.313 e. The lowest BCUT2D eigenvalue weighted by atomic mass is 9.88. The standard InChI is InChI=1S/C14H18BrNO4S/c1-9(10-3-4-11(15)21-10)12(17)16-6-5-14(7-16,8-20-2)13(18)19/h3-4,9H,5-8H2,1-2H3,(H,18,19). The van der Waals surface area contributed by atoms with Crippen molar-refractivity contribution in [3.63, 3.8) is 0 Å². The number of amides is 1. The van der Waals surface area contributed by atoms with Crippen LogP contribution in [0.5, 0.6) is 0 Å². The van der Waals surface area contributed by atoms with Gasteiger partial charge in [0.15, 0.2) is 0 Å². The molecule has 2 rings (SSSR count). The molecular weight excluding hydrogens is 358 g/mol. The van der Waals surface area contributed by atoms with Crippen molar-refractivity contribution in [1.29, 1.82) is 0 Å². The van der Waals surface area contributed by atoms with E-state index in [2.05, 4.69) is 15.9 Å². The second-order valence-electron chi connectivity index (χ2n) is 5.39. The highest BCUT2D eigenvalue weighted by molar-refractivity contribution is 9.11. The molecule has 2 atom stereocenters. The molecule has 7 heteroatoms. The highest BCUT2D eigenvalue weighted by Gasteiger charge is 2.47. The van der Waals surface area contributed by atoms with E-state index in [1.54, 1.807) is 4.90 Å². The van der Waals surface area contributed by atoms with E-state index in [0.717, 1.165) is 8.66 Å². The minimum Gasteiger partial charge on any atom is -0.481 e. The van der Waals surface area contributed by atoms with Crippen LogP contribution in [0, 0.1) is 5.41 Å².